The van der Waals surface area contributed by atoms with Crippen LogP contribution in [0.25, 0.3) is 11.3 Å². The number of aromatic nitrogens is 1. The minimum absolute atomic E-state index is 0.0301. The lowest BCUT2D eigenvalue weighted by atomic mass is 10.1. The number of nitrogens with zero attached hydrogens (tertiary/aromatic N) is 4. The SMILES string of the molecule is CN(C(=O)Nc1ccc(-c2cccc(F)c2)nc1)C1CCN(S(C)(=O)=O)CC1.N=NN. The lowest BCUT2D eigenvalue weighted by molar-refractivity contribution is 0.174. The van der Waals surface area contributed by atoms with E-state index in [2.05, 4.69) is 21.4 Å². The number of carbonyl (C=O) groups is 1. The monoisotopic (exact) mass is 451 g/mol. The summed E-state index contributed by atoms with van der Waals surface area (Å²) < 4.78 is 38.0. The molecule has 0 unspecified atom stereocenters. The van der Waals surface area contributed by atoms with Crippen LogP contribution in [0, 0.1) is 11.3 Å². The maximum atomic E-state index is 13.3. The number of piperidine rings is 1. The second-order valence-electron chi connectivity index (χ2n) is 7.01. The van der Waals surface area contributed by atoms with Crippen molar-refractivity contribution in [2.45, 2.75) is 18.9 Å². The highest BCUT2D eigenvalue weighted by Gasteiger charge is 2.29. The highest BCUT2D eigenvalue weighted by molar-refractivity contribution is 7.88. The van der Waals surface area contributed by atoms with Crippen LogP contribution < -0.4 is 11.2 Å². The number of rotatable bonds is 4. The number of benzene rings is 1. The van der Waals surface area contributed by atoms with E-state index in [0.29, 0.717) is 42.9 Å². The summed E-state index contributed by atoms with van der Waals surface area (Å²) in [5.41, 5.74) is 7.41. The maximum Gasteiger partial charge on any atom is 0.321 e. The van der Waals surface area contributed by atoms with Gasteiger partial charge in [0.1, 0.15) is 5.82 Å². The fourth-order valence-corrected chi connectivity index (χ4v) is 4.10. The van der Waals surface area contributed by atoms with Gasteiger partial charge in [0, 0.05) is 31.7 Å². The lowest BCUT2D eigenvalue weighted by Crippen LogP contribution is -2.48. The molecule has 3 rings (SSSR count). The van der Waals surface area contributed by atoms with Crippen LogP contribution in [-0.2, 0) is 10.0 Å². The predicted octanol–water partition coefficient (Wildman–Crippen LogP) is 2.67. The van der Waals surface area contributed by atoms with Gasteiger partial charge in [-0.05, 0) is 37.1 Å². The fourth-order valence-electron chi connectivity index (χ4n) is 3.22. The van der Waals surface area contributed by atoms with Gasteiger partial charge in [-0.2, -0.15) is 5.53 Å². The summed E-state index contributed by atoms with van der Waals surface area (Å²) in [7, 11) is -1.49. The van der Waals surface area contributed by atoms with Crippen molar-refractivity contribution in [1.29, 1.82) is 5.53 Å². The van der Waals surface area contributed by atoms with E-state index >= 15 is 0 Å². The first-order valence-corrected chi connectivity index (χ1v) is 11.3. The molecule has 31 heavy (non-hydrogen) atoms. The normalized spacial score (nSPS) is 14.8. The zero-order valence-electron chi connectivity index (χ0n) is 17.3. The fraction of sp³-hybridized carbons (Fsp3) is 0.368. The van der Waals surface area contributed by atoms with Gasteiger partial charge >= 0.3 is 6.03 Å². The number of hydrogen-bond donors (Lipinski definition) is 3. The van der Waals surface area contributed by atoms with Crippen LogP contribution in [0.5, 0.6) is 0 Å². The molecule has 10 nitrogen and oxygen atoms in total. The molecule has 2 heterocycles. The van der Waals surface area contributed by atoms with E-state index in [1.807, 2.05) is 0 Å². The molecule has 0 bridgehead atoms. The molecule has 1 aliphatic heterocycles. The molecular weight excluding hydrogens is 425 g/mol. The quantitative estimate of drug-likeness (QED) is 0.372. The third-order valence-corrected chi connectivity index (χ3v) is 6.20. The second-order valence-corrected chi connectivity index (χ2v) is 8.99. The molecule has 4 N–H and O–H groups in total. The molecule has 2 aromatic rings. The van der Waals surface area contributed by atoms with Gasteiger partial charge in [-0.1, -0.05) is 17.4 Å². The van der Waals surface area contributed by atoms with Crippen molar-refractivity contribution in [3.05, 3.63) is 48.4 Å². The van der Waals surface area contributed by atoms with Crippen LogP contribution >= 0.6 is 0 Å². The summed E-state index contributed by atoms with van der Waals surface area (Å²) >= 11 is 0. The number of pyridine rings is 1. The Bertz CT molecular complexity index is 994. The number of nitrogens with two attached hydrogens (primary N) is 1. The molecule has 1 aromatic carbocycles. The van der Waals surface area contributed by atoms with Gasteiger partial charge in [0.15, 0.2) is 0 Å². The maximum absolute atomic E-state index is 13.3. The van der Waals surface area contributed by atoms with Crippen molar-refractivity contribution in [3.63, 3.8) is 0 Å². The van der Waals surface area contributed by atoms with E-state index in [-0.39, 0.29) is 17.9 Å². The van der Waals surface area contributed by atoms with Crippen molar-refractivity contribution >= 4 is 21.7 Å². The first-order valence-electron chi connectivity index (χ1n) is 9.43. The molecule has 0 aliphatic carbocycles. The van der Waals surface area contributed by atoms with E-state index in [9.17, 15) is 17.6 Å². The van der Waals surface area contributed by atoms with Gasteiger partial charge < -0.3 is 16.1 Å². The molecule has 0 atom stereocenters. The number of hydrogen-bond acceptors (Lipinski definition) is 6. The van der Waals surface area contributed by atoms with Crippen LogP contribution in [0.3, 0.4) is 0 Å². The van der Waals surface area contributed by atoms with Crippen LogP contribution in [0.2, 0.25) is 0 Å². The molecule has 2 amide bonds. The largest absolute Gasteiger partial charge is 0.325 e. The molecular formula is C19H26FN7O3S. The predicted molar refractivity (Wildman–Crippen MR) is 115 cm³/mol. The first-order chi connectivity index (χ1) is 14.7. The van der Waals surface area contributed by atoms with Crippen LogP contribution in [0.4, 0.5) is 14.9 Å². The Labute approximate surface area is 180 Å². The van der Waals surface area contributed by atoms with Crippen molar-refractivity contribution in [2.75, 3.05) is 31.7 Å². The van der Waals surface area contributed by atoms with E-state index in [1.54, 1.807) is 36.2 Å². The number of sulfonamides is 1. The van der Waals surface area contributed by atoms with Crippen molar-refractivity contribution < 1.29 is 17.6 Å². The summed E-state index contributed by atoms with van der Waals surface area (Å²) in [6.07, 6.45) is 3.91. The van der Waals surface area contributed by atoms with Crippen LogP contribution in [0.1, 0.15) is 12.8 Å². The highest BCUT2D eigenvalue weighted by Crippen LogP contribution is 2.21. The highest BCUT2D eigenvalue weighted by atomic mass is 32.2. The Morgan fingerprint density at radius 3 is 2.48 bits per heavy atom. The lowest BCUT2D eigenvalue weighted by Gasteiger charge is -2.35. The molecule has 0 saturated carbocycles. The number of amides is 2. The zero-order chi connectivity index (χ0) is 23.0. The van der Waals surface area contributed by atoms with Gasteiger partial charge in [0.05, 0.1) is 23.8 Å². The Morgan fingerprint density at radius 2 is 1.97 bits per heavy atom. The Morgan fingerprint density at radius 1 is 1.32 bits per heavy atom. The molecule has 168 valence electrons. The van der Waals surface area contributed by atoms with E-state index in [0.717, 1.165) is 0 Å². The molecule has 1 fully saturated rings. The van der Waals surface area contributed by atoms with Gasteiger partial charge in [0.25, 0.3) is 0 Å². The average Bonchev–Trinajstić information content (AvgIpc) is 2.74. The van der Waals surface area contributed by atoms with Crippen molar-refractivity contribution in [3.8, 4) is 11.3 Å². The molecule has 1 aliphatic rings. The first kappa shape index (κ1) is 24.2. The summed E-state index contributed by atoms with van der Waals surface area (Å²) in [5, 5.41) is 5.04. The smallest absolute Gasteiger partial charge is 0.321 e. The molecule has 12 heteroatoms. The summed E-state index contributed by atoms with van der Waals surface area (Å²) in [4.78, 5) is 18.4. The Kier molecular flexibility index (Phi) is 8.39. The molecule has 0 radical (unpaired) electrons. The zero-order valence-corrected chi connectivity index (χ0v) is 18.1. The minimum atomic E-state index is -3.19. The number of carbonyl (C=O) groups excluding carboxylic acids is 1. The van der Waals surface area contributed by atoms with Crippen molar-refractivity contribution in [2.24, 2.45) is 11.1 Å². The van der Waals surface area contributed by atoms with E-state index in [1.165, 1.54) is 28.9 Å². The van der Waals surface area contributed by atoms with Gasteiger partial charge in [0.2, 0.25) is 10.0 Å². The Hall–Kier alpha value is -3.12. The van der Waals surface area contributed by atoms with Gasteiger partial charge in [-0.25, -0.2) is 21.9 Å². The topological polar surface area (TPSA) is 145 Å². The number of anilines is 1. The second kappa shape index (κ2) is 10.8. The number of halogens is 1. The third kappa shape index (κ3) is 6.96. The minimum Gasteiger partial charge on any atom is -0.325 e. The molecule has 1 aromatic heterocycles. The van der Waals surface area contributed by atoms with Crippen LogP contribution in [-0.4, -0.2) is 61.1 Å². The number of urea groups is 1. The Balaban J connectivity index is 0.00000107. The van der Waals surface area contributed by atoms with Gasteiger partial charge in [-0.3, -0.25) is 4.98 Å². The summed E-state index contributed by atoms with van der Waals surface area (Å²) in [5.74, 6) is 3.81. The third-order valence-electron chi connectivity index (χ3n) is 4.90. The molecule has 0 spiro atoms. The van der Waals surface area contributed by atoms with E-state index in [4.69, 9.17) is 5.53 Å². The standard InChI is InChI=1S/C19H23FN4O3S.H3N3/c1-23(17-8-10-24(11-9-17)28(2,26)27)19(25)22-16-6-7-18(21-13-16)14-4-3-5-15(20)12-14;1-3-2/h3-7,12-13,17H,8-11H2,1-2H3,(H,22,25);(H3,1,2). The number of nitrogens with one attached hydrogen (secondary N) is 2. The van der Waals surface area contributed by atoms with Gasteiger partial charge in [-0.15, -0.1) is 0 Å². The van der Waals surface area contributed by atoms with E-state index < -0.39 is 10.0 Å². The van der Waals surface area contributed by atoms with Crippen molar-refractivity contribution in [1.82, 2.24) is 14.2 Å². The molecule has 1 saturated heterocycles. The van der Waals surface area contributed by atoms with Crippen LogP contribution in [0.15, 0.2) is 47.8 Å². The summed E-state index contributed by atoms with van der Waals surface area (Å²) in [6, 6.07) is 9.27. The average molecular weight is 452 g/mol. The summed E-state index contributed by atoms with van der Waals surface area (Å²) in [6.45, 7) is 0.815.